The van der Waals surface area contributed by atoms with Crippen LogP contribution in [0.1, 0.15) is 32.6 Å². The molecule has 1 saturated carbocycles. The topological polar surface area (TPSA) is 43.4 Å². The van der Waals surface area contributed by atoms with Crippen LogP contribution in [0.25, 0.3) is 0 Å². The Labute approximate surface area is 65.7 Å². The van der Waals surface area contributed by atoms with Crippen molar-refractivity contribution < 1.29 is 14.3 Å². The van der Waals surface area contributed by atoms with E-state index in [9.17, 15) is 9.59 Å². The van der Waals surface area contributed by atoms with Crippen LogP contribution < -0.4 is 0 Å². The third-order valence-electron chi connectivity index (χ3n) is 2.20. The van der Waals surface area contributed by atoms with Gasteiger partial charge in [0.15, 0.2) is 0 Å². The van der Waals surface area contributed by atoms with Gasteiger partial charge in [-0.15, -0.1) is 0 Å². The summed E-state index contributed by atoms with van der Waals surface area (Å²) in [6.45, 7) is 2.34. The van der Waals surface area contributed by atoms with E-state index >= 15 is 0 Å². The predicted molar refractivity (Wildman–Crippen MR) is 39.0 cm³/mol. The van der Waals surface area contributed by atoms with Crippen molar-refractivity contribution in [2.24, 2.45) is 0 Å². The molecule has 0 aromatic heterocycles. The van der Waals surface area contributed by atoms with Gasteiger partial charge in [-0.05, 0) is 19.8 Å². The molecule has 0 saturated heterocycles. The summed E-state index contributed by atoms with van der Waals surface area (Å²) < 4.78 is 4.89. The molecule has 0 aromatic carbocycles. The molecule has 1 aliphatic rings. The highest BCUT2D eigenvalue weighted by Crippen LogP contribution is 2.28. The monoisotopic (exact) mass is 156 g/mol. The number of rotatable bonds is 2. The molecule has 0 radical (unpaired) electrons. The SMILES string of the molecule is CC1(OC=O)CCC(=O)CC1. The molecule has 0 aromatic rings. The zero-order chi connectivity index (χ0) is 8.32. The number of carbonyl (C=O) groups is 2. The van der Waals surface area contributed by atoms with Gasteiger partial charge >= 0.3 is 0 Å². The molecule has 0 unspecified atom stereocenters. The standard InChI is InChI=1S/C8H12O3/c1-8(11-6-9)4-2-7(10)3-5-8/h6H,2-5H2,1H3. The van der Waals surface area contributed by atoms with Crippen LogP contribution in [0, 0.1) is 0 Å². The predicted octanol–water partition coefficient (Wildman–Crippen LogP) is 1.06. The van der Waals surface area contributed by atoms with Gasteiger partial charge in [-0.2, -0.15) is 0 Å². The van der Waals surface area contributed by atoms with Crippen molar-refractivity contribution in [3.63, 3.8) is 0 Å². The van der Waals surface area contributed by atoms with Gasteiger partial charge in [0.05, 0.1) is 0 Å². The van der Waals surface area contributed by atoms with Gasteiger partial charge in [-0.25, -0.2) is 0 Å². The number of hydrogen-bond donors (Lipinski definition) is 0. The van der Waals surface area contributed by atoms with Crippen LogP contribution in [0.5, 0.6) is 0 Å². The van der Waals surface area contributed by atoms with E-state index in [0.717, 1.165) is 0 Å². The first-order valence-corrected chi connectivity index (χ1v) is 3.79. The number of hydrogen-bond acceptors (Lipinski definition) is 3. The second-order valence-electron chi connectivity index (χ2n) is 3.20. The second-order valence-corrected chi connectivity index (χ2v) is 3.20. The molecule has 0 amide bonds. The van der Waals surface area contributed by atoms with E-state index in [4.69, 9.17) is 4.74 Å². The first kappa shape index (κ1) is 8.24. The molecule has 0 spiro atoms. The van der Waals surface area contributed by atoms with Crippen molar-refractivity contribution in [3.8, 4) is 0 Å². The van der Waals surface area contributed by atoms with E-state index < -0.39 is 0 Å². The maximum absolute atomic E-state index is 10.8. The average molecular weight is 156 g/mol. The van der Waals surface area contributed by atoms with E-state index in [2.05, 4.69) is 0 Å². The molecule has 0 atom stereocenters. The molecule has 1 aliphatic carbocycles. The van der Waals surface area contributed by atoms with E-state index in [1.54, 1.807) is 0 Å². The smallest absolute Gasteiger partial charge is 0.293 e. The summed E-state index contributed by atoms with van der Waals surface area (Å²) in [4.78, 5) is 20.9. The summed E-state index contributed by atoms with van der Waals surface area (Å²) in [5, 5.41) is 0. The minimum absolute atomic E-state index is 0.275. The van der Waals surface area contributed by atoms with Gasteiger partial charge in [0.2, 0.25) is 0 Å². The van der Waals surface area contributed by atoms with E-state index in [0.29, 0.717) is 32.2 Å². The Balaban J connectivity index is 2.47. The summed E-state index contributed by atoms with van der Waals surface area (Å²) in [5.41, 5.74) is -0.379. The van der Waals surface area contributed by atoms with Gasteiger partial charge in [0, 0.05) is 12.8 Å². The number of Topliss-reactive ketones (excluding diaryl/α,β-unsaturated/α-hetero) is 1. The lowest BCUT2D eigenvalue weighted by Gasteiger charge is -2.30. The lowest BCUT2D eigenvalue weighted by molar-refractivity contribution is -0.148. The average Bonchev–Trinajstić information content (AvgIpc) is 1.97. The van der Waals surface area contributed by atoms with Crippen molar-refractivity contribution >= 4 is 12.3 Å². The number of ketones is 1. The quantitative estimate of drug-likeness (QED) is 0.561. The Morgan fingerprint density at radius 1 is 1.45 bits per heavy atom. The molecule has 0 heterocycles. The maximum atomic E-state index is 10.8. The van der Waals surface area contributed by atoms with Crippen LogP contribution in [0.2, 0.25) is 0 Å². The van der Waals surface area contributed by atoms with Crippen LogP contribution in [0.3, 0.4) is 0 Å². The van der Waals surface area contributed by atoms with E-state index in [1.165, 1.54) is 0 Å². The highest BCUT2D eigenvalue weighted by molar-refractivity contribution is 5.79. The molecule has 3 nitrogen and oxygen atoms in total. The Morgan fingerprint density at radius 2 is 2.00 bits per heavy atom. The Morgan fingerprint density at radius 3 is 2.45 bits per heavy atom. The first-order valence-electron chi connectivity index (χ1n) is 3.79. The third kappa shape index (κ3) is 2.03. The first-order chi connectivity index (χ1) is 5.16. The highest BCUT2D eigenvalue weighted by Gasteiger charge is 2.31. The summed E-state index contributed by atoms with van der Waals surface area (Å²) in [7, 11) is 0. The van der Waals surface area contributed by atoms with Crippen LogP contribution in [-0.2, 0) is 14.3 Å². The Kier molecular flexibility index (Phi) is 2.27. The van der Waals surface area contributed by atoms with Crippen LogP contribution in [0.4, 0.5) is 0 Å². The Bertz CT molecular complexity index is 164. The van der Waals surface area contributed by atoms with Gasteiger partial charge in [0.25, 0.3) is 6.47 Å². The lowest BCUT2D eigenvalue weighted by Crippen LogP contribution is -2.33. The molecule has 1 fully saturated rings. The van der Waals surface area contributed by atoms with Crippen molar-refractivity contribution in [1.82, 2.24) is 0 Å². The van der Waals surface area contributed by atoms with E-state index in [-0.39, 0.29) is 11.4 Å². The zero-order valence-corrected chi connectivity index (χ0v) is 6.63. The highest BCUT2D eigenvalue weighted by atomic mass is 16.5. The number of ether oxygens (including phenoxy) is 1. The zero-order valence-electron chi connectivity index (χ0n) is 6.63. The minimum Gasteiger partial charge on any atom is -0.462 e. The van der Waals surface area contributed by atoms with E-state index in [1.807, 2.05) is 6.92 Å². The van der Waals surface area contributed by atoms with Crippen molar-refractivity contribution in [1.29, 1.82) is 0 Å². The molecular formula is C8H12O3. The van der Waals surface area contributed by atoms with Gasteiger partial charge in [-0.1, -0.05) is 0 Å². The van der Waals surface area contributed by atoms with Crippen LogP contribution in [0.15, 0.2) is 0 Å². The Hall–Kier alpha value is -0.860. The third-order valence-corrected chi connectivity index (χ3v) is 2.20. The molecular weight excluding hydrogens is 144 g/mol. The fourth-order valence-electron chi connectivity index (χ4n) is 1.29. The summed E-state index contributed by atoms with van der Waals surface area (Å²) in [6, 6.07) is 0. The summed E-state index contributed by atoms with van der Waals surface area (Å²) in [5.74, 6) is 0.275. The fraction of sp³-hybridized carbons (Fsp3) is 0.750. The normalized spacial score (nSPS) is 22.8. The molecule has 62 valence electrons. The summed E-state index contributed by atoms with van der Waals surface area (Å²) in [6.07, 6.45) is 2.43. The molecule has 0 aliphatic heterocycles. The van der Waals surface area contributed by atoms with Crippen molar-refractivity contribution in [3.05, 3.63) is 0 Å². The van der Waals surface area contributed by atoms with Gasteiger partial charge in [-0.3, -0.25) is 9.59 Å². The lowest BCUT2D eigenvalue weighted by atomic mass is 9.86. The van der Waals surface area contributed by atoms with Gasteiger partial charge < -0.3 is 4.74 Å². The van der Waals surface area contributed by atoms with Crippen molar-refractivity contribution in [2.45, 2.75) is 38.2 Å². The second kappa shape index (κ2) is 3.03. The van der Waals surface area contributed by atoms with Crippen LogP contribution in [-0.4, -0.2) is 17.9 Å². The number of carbonyl (C=O) groups excluding carboxylic acids is 2. The fourth-order valence-corrected chi connectivity index (χ4v) is 1.29. The molecule has 1 rings (SSSR count). The molecule has 11 heavy (non-hydrogen) atoms. The van der Waals surface area contributed by atoms with Crippen LogP contribution >= 0.6 is 0 Å². The molecule has 0 N–H and O–H groups in total. The minimum atomic E-state index is -0.379. The molecule has 3 heteroatoms. The summed E-state index contributed by atoms with van der Waals surface area (Å²) >= 11 is 0. The van der Waals surface area contributed by atoms with Crippen molar-refractivity contribution in [2.75, 3.05) is 0 Å². The van der Waals surface area contributed by atoms with Gasteiger partial charge in [0.1, 0.15) is 11.4 Å². The maximum Gasteiger partial charge on any atom is 0.293 e. The molecule has 0 bridgehead atoms. The largest absolute Gasteiger partial charge is 0.462 e.